The zero-order valence-corrected chi connectivity index (χ0v) is 17.7. The Hall–Kier alpha value is -2.93. The Morgan fingerprint density at radius 2 is 1.84 bits per heavy atom. The van der Waals surface area contributed by atoms with Crippen LogP contribution in [0.4, 0.5) is 14.5 Å². The van der Waals surface area contributed by atoms with Gasteiger partial charge < -0.3 is 14.6 Å². The number of fused-ring (bicyclic) bond motifs is 1. The largest absolute Gasteiger partial charge is 0.488 e. The molecule has 0 spiro atoms. The third kappa shape index (κ3) is 4.71. The number of halogens is 2. The molecule has 164 valence electrons. The molecular formula is C24H27F2N3O2. The van der Waals surface area contributed by atoms with Crippen LogP contribution < -0.4 is 9.64 Å². The van der Waals surface area contributed by atoms with Gasteiger partial charge in [0.1, 0.15) is 0 Å². The summed E-state index contributed by atoms with van der Waals surface area (Å²) in [6.07, 6.45) is 2.83. The number of rotatable bonds is 8. The number of anilines is 1. The van der Waals surface area contributed by atoms with E-state index in [2.05, 4.69) is 39.0 Å². The molecule has 1 N–H and O–H groups in total. The predicted octanol–water partition coefficient (Wildman–Crippen LogP) is 4.63. The second-order valence-corrected chi connectivity index (χ2v) is 7.79. The van der Waals surface area contributed by atoms with Gasteiger partial charge in [0, 0.05) is 67.5 Å². The summed E-state index contributed by atoms with van der Waals surface area (Å²) in [5, 5.41) is 1.24. The molecule has 0 radical (unpaired) electrons. The van der Waals surface area contributed by atoms with Crippen molar-refractivity contribution < 1.29 is 18.3 Å². The van der Waals surface area contributed by atoms with E-state index >= 15 is 0 Å². The van der Waals surface area contributed by atoms with Crippen LogP contribution in [0.25, 0.3) is 10.9 Å². The number of ether oxygens (including phenoxy) is 1. The van der Waals surface area contributed by atoms with Gasteiger partial charge in [-0.3, -0.25) is 9.69 Å². The second kappa shape index (κ2) is 9.47. The van der Waals surface area contributed by atoms with Gasteiger partial charge in [-0.25, -0.2) is 8.78 Å². The number of hydrogen-bond acceptors (Lipinski definition) is 4. The molecule has 0 amide bonds. The molecule has 3 aromatic rings. The van der Waals surface area contributed by atoms with Crippen LogP contribution in [0.15, 0.2) is 42.6 Å². The summed E-state index contributed by atoms with van der Waals surface area (Å²) in [5.74, 6) is -2.36. The molecule has 0 unspecified atom stereocenters. The maximum atomic E-state index is 14.1. The lowest BCUT2D eigenvalue weighted by Crippen LogP contribution is -2.46. The first-order valence-corrected chi connectivity index (χ1v) is 10.7. The number of carbonyl (C=O) groups is 1. The van der Waals surface area contributed by atoms with Gasteiger partial charge in [0.25, 0.3) is 0 Å². The molecule has 1 aromatic heterocycles. The topological polar surface area (TPSA) is 48.6 Å². The average molecular weight is 427 g/mol. The van der Waals surface area contributed by atoms with Crippen molar-refractivity contribution in [2.75, 3.05) is 44.2 Å². The highest BCUT2D eigenvalue weighted by molar-refractivity contribution is 5.96. The van der Waals surface area contributed by atoms with Crippen LogP contribution in [-0.2, 0) is 0 Å². The number of ketones is 1. The quantitative estimate of drug-likeness (QED) is 0.421. The molecule has 31 heavy (non-hydrogen) atoms. The summed E-state index contributed by atoms with van der Waals surface area (Å²) >= 11 is 0. The van der Waals surface area contributed by atoms with E-state index in [0.717, 1.165) is 50.4 Å². The van der Waals surface area contributed by atoms with Gasteiger partial charge >= 0.3 is 0 Å². The minimum atomic E-state index is -0.829. The number of piperazine rings is 1. The molecule has 0 aliphatic carbocycles. The number of H-pyrrole nitrogens is 1. The van der Waals surface area contributed by atoms with Crippen LogP contribution >= 0.6 is 0 Å². The van der Waals surface area contributed by atoms with Crippen LogP contribution in [0.3, 0.4) is 0 Å². The first-order chi connectivity index (χ1) is 15.1. The Balaban J connectivity index is 1.25. The standard InChI is InChI=1S/C24H27F2N3O2/c1-2-23(30)17-15-19(25)24(20(26)16-17)31-14-4-9-28-10-12-29(13-11-28)22-6-3-5-21-18(22)7-8-27-21/h3,5-8,15-16,27H,2,4,9-14H2,1H3. The SMILES string of the molecule is CCC(=O)c1cc(F)c(OCCCN2CCN(c3cccc4[nH]ccc34)CC2)c(F)c1. The third-order valence-corrected chi connectivity index (χ3v) is 5.79. The van der Waals surface area contributed by atoms with Crippen molar-refractivity contribution in [3.8, 4) is 5.75 Å². The van der Waals surface area contributed by atoms with Gasteiger partial charge in [-0.05, 0) is 36.8 Å². The molecular weight excluding hydrogens is 400 g/mol. The first kappa shape index (κ1) is 21.3. The molecule has 4 rings (SSSR count). The highest BCUT2D eigenvalue weighted by atomic mass is 19.1. The van der Waals surface area contributed by atoms with E-state index in [0.29, 0.717) is 6.42 Å². The number of aromatic amines is 1. The molecule has 2 heterocycles. The maximum absolute atomic E-state index is 14.1. The lowest BCUT2D eigenvalue weighted by Gasteiger charge is -2.36. The van der Waals surface area contributed by atoms with Gasteiger partial charge in [0.05, 0.1) is 6.61 Å². The van der Waals surface area contributed by atoms with E-state index in [-0.39, 0.29) is 24.4 Å². The van der Waals surface area contributed by atoms with Crippen molar-refractivity contribution in [2.24, 2.45) is 0 Å². The van der Waals surface area contributed by atoms with Gasteiger partial charge in [0.15, 0.2) is 23.2 Å². The number of benzene rings is 2. The fraction of sp³-hybridized carbons (Fsp3) is 0.375. The molecule has 7 heteroatoms. The normalized spacial score (nSPS) is 14.9. The van der Waals surface area contributed by atoms with Crippen molar-refractivity contribution >= 4 is 22.4 Å². The minimum Gasteiger partial charge on any atom is -0.488 e. The number of hydrogen-bond donors (Lipinski definition) is 1. The number of Topliss-reactive ketones (excluding diaryl/α,β-unsaturated/α-hetero) is 1. The Bertz CT molecular complexity index is 1030. The molecule has 5 nitrogen and oxygen atoms in total. The van der Waals surface area contributed by atoms with Crippen molar-refractivity contribution in [3.05, 3.63) is 59.8 Å². The number of carbonyl (C=O) groups excluding carboxylic acids is 1. The van der Waals surface area contributed by atoms with Crippen molar-refractivity contribution in [2.45, 2.75) is 19.8 Å². The zero-order chi connectivity index (χ0) is 21.8. The van der Waals surface area contributed by atoms with Crippen LogP contribution in [0.2, 0.25) is 0 Å². The minimum absolute atomic E-state index is 0.0399. The zero-order valence-electron chi connectivity index (χ0n) is 17.7. The lowest BCUT2D eigenvalue weighted by molar-refractivity contribution is 0.0987. The third-order valence-electron chi connectivity index (χ3n) is 5.79. The maximum Gasteiger partial charge on any atom is 0.190 e. The summed E-state index contributed by atoms with van der Waals surface area (Å²) in [6.45, 7) is 6.40. The number of nitrogens with zero attached hydrogens (tertiary/aromatic N) is 2. The molecule has 0 bridgehead atoms. The fourth-order valence-electron chi connectivity index (χ4n) is 4.08. The van der Waals surface area contributed by atoms with Gasteiger partial charge in [-0.15, -0.1) is 0 Å². The summed E-state index contributed by atoms with van der Waals surface area (Å²) in [7, 11) is 0. The molecule has 1 aliphatic heterocycles. The highest BCUT2D eigenvalue weighted by Crippen LogP contribution is 2.27. The van der Waals surface area contributed by atoms with Crippen molar-refractivity contribution in [1.29, 1.82) is 0 Å². The van der Waals surface area contributed by atoms with E-state index in [1.165, 1.54) is 11.1 Å². The van der Waals surface area contributed by atoms with Crippen molar-refractivity contribution in [3.63, 3.8) is 0 Å². The van der Waals surface area contributed by atoms with Crippen LogP contribution in [-0.4, -0.2) is 55.0 Å². The fourth-order valence-corrected chi connectivity index (χ4v) is 4.08. The van der Waals surface area contributed by atoms with Crippen molar-refractivity contribution in [1.82, 2.24) is 9.88 Å². The Morgan fingerprint density at radius 1 is 1.10 bits per heavy atom. The Kier molecular flexibility index (Phi) is 6.51. The molecule has 0 saturated carbocycles. The number of nitrogens with one attached hydrogen (secondary N) is 1. The molecule has 1 fully saturated rings. The van der Waals surface area contributed by atoms with Gasteiger partial charge in [0.2, 0.25) is 0 Å². The van der Waals surface area contributed by atoms with E-state index in [4.69, 9.17) is 4.74 Å². The van der Waals surface area contributed by atoms with Crippen LogP contribution in [0.5, 0.6) is 5.75 Å². The summed E-state index contributed by atoms with van der Waals surface area (Å²) in [6, 6.07) is 10.5. The lowest BCUT2D eigenvalue weighted by atomic mass is 10.1. The summed E-state index contributed by atoms with van der Waals surface area (Å²) in [5.41, 5.74) is 2.43. The van der Waals surface area contributed by atoms with E-state index in [9.17, 15) is 13.6 Å². The van der Waals surface area contributed by atoms with E-state index < -0.39 is 17.4 Å². The molecule has 1 aliphatic rings. The van der Waals surface area contributed by atoms with E-state index in [1.54, 1.807) is 6.92 Å². The van der Waals surface area contributed by atoms with Crippen LogP contribution in [0.1, 0.15) is 30.1 Å². The van der Waals surface area contributed by atoms with Crippen LogP contribution in [0, 0.1) is 11.6 Å². The first-order valence-electron chi connectivity index (χ1n) is 10.7. The summed E-state index contributed by atoms with van der Waals surface area (Å²) in [4.78, 5) is 19.6. The second-order valence-electron chi connectivity index (χ2n) is 7.79. The van der Waals surface area contributed by atoms with Gasteiger partial charge in [-0.1, -0.05) is 13.0 Å². The Morgan fingerprint density at radius 3 is 2.55 bits per heavy atom. The Labute approximate surface area is 180 Å². The van der Waals surface area contributed by atoms with E-state index in [1.807, 2.05) is 6.20 Å². The average Bonchev–Trinajstić information content (AvgIpc) is 3.27. The molecule has 0 atom stereocenters. The molecule has 2 aromatic carbocycles. The van der Waals surface area contributed by atoms with Gasteiger partial charge in [-0.2, -0.15) is 0 Å². The monoisotopic (exact) mass is 427 g/mol. The predicted molar refractivity (Wildman–Crippen MR) is 118 cm³/mol. The molecule has 1 saturated heterocycles. The summed E-state index contributed by atoms with van der Waals surface area (Å²) < 4.78 is 33.6. The highest BCUT2D eigenvalue weighted by Gasteiger charge is 2.19. The smallest absolute Gasteiger partial charge is 0.190 e. The number of aromatic nitrogens is 1.